The zero-order chi connectivity index (χ0) is 14.8. The first-order chi connectivity index (χ1) is 10.2. The van der Waals surface area contributed by atoms with Crippen molar-refractivity contribution < 1.29 is 9.53 Å². The molecule has 0 saturated heterocycles. The van der Waals surface area contributed by atoms with Crippen molar-refractivity contribution in [2.45, 2.75) is 39.5 Å². The molecule has 0 radical (unpaired) electrons. The fraction of sp³-hybridized carbons (Fsp3) is 0.500. The molecule has 3 nitrogen and oxygen atoms in total. The summed E-state index contributed by atoms with van der Waals surface area (Å²) in [6.07, 6.45) is 6.38. The van der Waals surface area contributed by atoms with Gasteiger partial charge in [0.2, 0.25) is 0 Å². The summed E-state index contributed by atoms with van der Waals surface area (Å²) in [6.45, 7) is 6.63. The summed E-state index contributed by atoms with van der Waals surface area (Å²) in [7, 11) is 0. The van der Waals surface area contributed by atoms with Crippen LogP contribution >= 0.6 is 0 Å². The van der Waals surface area contributed by atoms with Gasteiger partial charge in [-0.15, -0.1) is 0 Å². The van der Waals surface area contributed by atoms with Crippen LogP contribution in [-0.2, 0) is 22.4 Å². The van der Waals surface area contributed by atoms with Gasteiger partial charge < -0.3 is 9.64 Å². The molecule has 2 aliphatic rings. The number of aryl methyl sites for hydroxylation is 2. The predicted octanol–water partition coefficient (Wildman–Crippen LogP) is 3.35. The topological polar surface area (TPSA) is 29.5 Å². The number of hydrogen-bond donors (Lipinski definition) is 0. The van der Waals surface area contributed by atoms with Gasteiger partial charge in [0, 0.05) is 24.9 Å². The average molecular weight is 285 g/mol. The van der Waals surface area contributed by atoms with Crippen LogP contribution in [0.25, 0.3) is 5.57 Å². The van der Waals surface area contributed by atoms with E-state index in [9.17, 15) is 4.79 Å². The lowest BCUT2D eigenvalue weighted by molar-refractivity contribution is -0.137. The van der Waals surface area contributed by atoms with Crippen LogP contribution in [0.15, 0.2) is 18.2 Å². The summed E-state index contributed by atoms with van der Waals surface area (Å²) >= 11 is 0. The second-order valence-corrected chi connectivity index (χ2v) is 5.92. The van der Waals surface area contributed by atoms with E-state index in [1.54, 1.807) is 6.08 Å². The van der Waals surface area contributed by atoms with Gasteiger partial charge in [0.15, 0.2) is 0 Å². The predicted molar refractivity (Wildman–Crippen MR) is 85.6 cm³/mol. The molecule has 3 heteroatoms. The van der Waals surface area contributed by atoms with Crippen molar-refractivity contribution in [3.8, 4) is 0 Å². The third-order valence-electron chi connectivity index (χ3n) is 4.41. The molecule has 1 aromatic rings. The maximum atomic E-state index is 11.6. The molecule has 112 valence electrons. The second kappa shape index (κ2) is 5.92. The molecule has 0 amide bonds. The van der Waals surface area contributed by atoms with Crippen LogP contribution in [0, 0.1) is 0 Å². The van der Waals surface area contributed by atoms with Crippen molar-refractivity contribution in [3.05, 3.63) is 34.9 Å². The van der Waals surface area contributed by atoms with Gasteiger partial charge in [-0.1, -0.05) is 0 Å². The van der Waals surface area contributed by atoms with E-state index in [2.05, 4.69) is 17.0 Å². The number of allylic oxidation sites excluding steroid dienone is 1. The molecular formula is C18H23NO2. The minimum Gasteiger partial charge on any atom is -0.463 e. The highest BCUT2D eigenvalue weighted by Gasteiger charge is 2.24. The largest absolute Gasteiger partial charge is 0.463 e. The van der Waals surface area contributed by atoms with Crippen molar-refractivity contribution in [2.24, 2.45) is 0 Å². The number of nitrogens with zero attached hydrogens (tertiary/aromatic N) is 1. The van der Waals surface area contributed by atoms with E-state index >= 15 is 0 Å². The summed E-state index contributed by atoms with van der Waals surface area (Å²) in [5.74, 6) is -0.247. The Hall–Kier alpha value is -1.77. The Morgan fingerprint density at radius 1 is 1.24 bits per heavy atom. The van der Waals surface area contributed by atoms with E-state index in [1.807, 2.05) is 13.8 Å². The van der Waals surface area contributed by atoms with Crippen molar-refractivity contribution in [1.82, 2.24) is 0 Å². The number of hydrogen-bond acceptors (Lipinski definition) is 3. The molecule has 0 saturated carbocycles. The summed E-state index contributed by atoms with van der Waals surface area (Å²) in [5.41, 5.74) is 6.53. The molecule has 0 N–H and O–H groups in total. The molecule has 0 aromatic heterocycles. The molecule has 0 atom stereocenters. The quantitative estimate of drug-likeness (QED) is 0.630. The third-order valence-corrected chi connectivity index (χ3v) is 4.41. The number of esters is 1. The highest BCUT2D eigenvalue weighted by Crippen LogP contribution is 2.37. The lowest BCUT2D eigenvalue weighted by Gasteiger charge is -2.37. The van der Waals surface area contributed by atoms with Gasteiger partial charge >= 0.3 is 5.97 Å². The van der Waals surface area contributed by atoms with Gasteiger partial charge in [0.25, 0.3) is 0 Å². The molecule has 3 rings (SSSR count). The first kappa shape index (κ1) is 14.2. The Morgan fingerprint density at radius 2 is 1.86 bits per heavy atom. The molecular weight excluding hydrogens is 262 g/mol. The minimum atomic E-state index is -0.247. The normalized spacial score (nSPS) is 17.4. The maximum Gasteiger partial charge on any atom is 0.331 e. The zero-order valence-electron chi connectivity index (χ0n) is 12.9. The Morgan fingerprint density at radius 3 is 2.43 bits per heavy atom. The molecule has 0 aliphatic carbocycles. The van der Waals surface area contributed by atoms with Crippen molar-refractivity contribution >= 4 is 17.2 Å². The van der Waals surface area contributed by atoms with Crippen molar-refractivity contribution in [3.63, 3.8) is 0 Å². The van der Waals surface area contributed by atoms with Gasteiger partial charge in [-0.3, -0.25) is 0 Å². The van der Waals surface area contributed by atoms with Crippen molar-refractivity contribution in [2.75, 3.05) is 24.6 Å². The van der Waals surface area contributed by atoms with E-state index in [-0.39, 0.29) is 5.97 Å². The number of carbonyl (C=O) groups excluding carboxylic acids is 1. The van der Waals surface area contributed by atoms with Gasteiger partial charge in [-0.05, 0) is 73.9 Å². The van der Waals surface area contributed by atoms with Crippen LogP contribution in [0.5, 0.6) is 0 Å². The molecule has 0 fully saturated rings. The highest BCUT2D eigenvalue weighted by molar-refractivity contribution is 5.91. The van der Waals surface area contributed by atoms with Crippen LogP contribution in [0.2, 0.25) is 0 Å². The van der Waals surface area contributed by atoms with E-state index < -0.39 is 0 Å². The Balaban J connectivity index is 1.96. The molecule has 2 heterocycles. The standard InChI is InChI=1S/C18H23NO2/c1-3-21-17(20)10-13(2)16-11-14-6-4-8-19-9-5-7-15(12-16)18(14)19/h10-12H,3-9H2,1-2H3/b13-10+. The second-order valence-electron chi connectivity index (χ2n) is 5.92. The van der Waals surface area contributed by atoms with Crippen LogP contribution in [0.4, 0.5) is 5.69 Å². The van der Waals surface area contributed by atoms with E-state index in [0.717, 1.165) is 18.4 Å². The Bertz CT molecular complexity index is 558. The summed E-state index contributed by atoms with van der Waals surface area (Å²) in [5, 5.41) is 0. The maximum absolute atomic E-state index is 11.6. The van der Waals surface area contributed by atoms with Crippen LogP contribution in [0.3, 0.4) is 0 Å². The molecule has 0 bridgehead atoms. The molecule has 1 aromatic carbocycles. The minimum absolute atomic E-state index is 0.247. The molecule has 0 unspecified atom stereocenters. The number of ether oxygens (including phenoxy) is 1. The van der Waals surface area contributed by atoms with Gasteiger partial charge in [-0.25, -0.2) is 4.79 Å². The number of anilines is 1. The van der Waals surface area contributed by atoms with E-state index in [4.69, 9.17) is 4.74 Å². The fourth-order valence-electron chi connectivity index (χ4n) is 3.48. The van der Waals surface area contributed by atoms with E-state index in [0.29, 0.717) is 6.61 Å². The van der Waals surface area contributed by atoms with E-state index in [1.165, 1.54) is 48.3 Å². The number of carbonyl (C=O) groups is 1. The van der Waals surface area contributed by atoms with Gasteiger partial charge in [0.1, 0.15) is 0 Å². The fourth-order valence-corrected chi connectivity index (χ4v) is 3.48. The lowest BCUT2D eigenvalue weighted by Crippen LogP contribution is -2.34. The molecule has 0 spiro atoms. The first-order valence-electron chi connectivity index (χ1n) is 7.95. The smallest absolute Gasteiger partial charge is 0.331 e. The summed E-state index contributed by atoms with van der Waals surface area (Å²) in [6, 6.07) is 4.53. The number of benzene rings is 1. The average Bonchev–Trinajstić information content (AvgIpc) is 2.48. The van der Waals surface area contributed by atoms with Crippen LogP contribution in [-0.4, -0.2) is 25.7 Å². The highest BCUT2D eigenvalue weighted by atomic mass is 16.5. The summed E-state index contributed by atoms with van der Waals surface area (Å²) in [4.78, 5) is 14.2. The first-order valence-corrected chi connectivity index (χ1v) is 7.95. The Labute approximate surface area is 126 Å². The third kappa shape index (κ3) is 2.82. The summed E-state index contributed by atoms with van der Waals surface area (Å²) < 4.78 is 5.01. The van der Waals surface area contributed by atoms with Crippen molar-refractivity contribution in [1.29, 1.82) is 0 Å². The monoisotopic (exact) mass is 285 g/mol. The number of rotatable bonds is 3. The SMILES string of the molecule is CCOC(=O)/C=C(\C)c1cc2c3c(c1)CCCN3CCC2. The zero-order valence-corrected chi connectivity index (χ0v) is 12.9. The Kier molecular flexibility index (Phi) is 4.00. The van der Waals surface area contributed by atoms with Gasteiger partial charge in [0.05, 0.1) is 6.61 Å². The molecule has 21 heavy (non-hydrogen) atoms. The lowest BCUT2D eigenvalue weighted by atomic mass is 9.88. The van der Waals surface area contributed by atoms with Crippen LogP contribution in [0.1, 0.15) is 43.4 Å². The van der Waals surface area contributed by atoms with Crippen LogP contribution < -0.4 is 4.90 Å². The van der Waals surface area contributed by atoms with Gasteiger partial charge in [-0.2, -0.15) is 0 Å². The molecule has 2 aliphatic heterocycles.